The van der Waals surface area contributed by atoms with Crippen molar-refractivity contribution in [3.63, 3.8) is 0 Å². The summed E-state index contributed by atoms with van der Waals surface area (Å²) in [7, 11) is 0. The number of carbonyl (C=O) groups is 2. The molecule has 30 heavy (non-hydrogen) atoms. The van der Waals surface area contributed by atoms with Gasteiger partial charge in [-0.1, -0.05) is 29.8 Å². The highest BCUT2D eigenvalue weighted by Crippen LogP contribution is 2.24. The molecule has 1 aliphatic heterocycles. The van der Waals surface area contributed by atoms with E-state index in [2.05, 4.69) is 10.2 Å². The fraction of sp³-hybridized carbons (Fsp3) is 0.273. The normalized spacial score (nSPS) is 15.6. The Kier molecular flexibility index (Phi) is 5.55. The Hall–Kier alpha value is -3.19. The molecule has 0 saturated carbocycles. The molecule has 1 amide bonds. The average molecular weight is 426 g/mol. The van der Waals surface area contributed by atoms with Crippen molar-refractivity contribution in [2.45, 2.75) is 39.0 Å². The first kappa shape index (κ1) is 20.1. The molecule has 2 aromatic carbocycles. The molecule has 3 aromatic rings. The zero-order valence-electron chi connectivity index (χ0n) is 16.5. The van der Waals surface area contributed by atoms with Gasteiger partial charge in [0.05, 0.1) is 12.1 Å². The molecule has 4 rings (SSSR count). The minimum absolute atomic E-state index is 0.118. The number of cyclic esters (lactones) is 1. The highest BCUT2D eigenvalue weighted by molar-refractivity contribution is 6.30. The van der Waals surface area contributed by atoms with Gasteiger partial charge in [-0.3, -0.25) is 4.79 Å². The Bertz CT molecular complexity index is 1080. The van der Waals surface area contributed by atoms with Crippen LogP contribution in [-0.2, 0) is 22.5 Å². The van der Waals surface area contributed by atoms with Crippen LogP contribution in [-0.4, -0.2) is 39.1 Å². The van der Waals surface area contributed by atoms with Gasteiger partial charge in [0.2, 0.25) is 11.8 Å². The monoisotopic (exact) mass is 425 g/mol. The maximum absolute atomic E-state index is 13.2. The number of benzene rings is 2. The molecule has 0 fully saturated rings. The summed E-state index contributed by atoms with van der Waals surface area (Å²) in [6.45, 7) is 3.88. The topological polar surface area (TPSA) is 85.5 Å². The molecule has 0 aliphatic carbocycles. The van der Waals surface area contributed by atoms with Crippen molar-refractivity contribution in [2.75, 3.05) is 0 Å². The molecule has 0 spiro atoms. The minimum Gasteiger partial charge on any atom is -0.448 e. The third kappa shape index (κ3) is 4.07. The molecule has 0 N–H and O–H groups in total. The molecule has 1 aromatic heterocycles. The summed E-state index contributed by atoms with van der Waals surface area (Å²) >= 11 is 5.91. The maximum atomic E-state index is 13.2. The first-order chi connectivity index (χ1) is 14.4. The molecular formula is C22H20ClN3O4. The first-order valence-corrected chi connectivity index (χ1v) is 9.98. The van der Waals surface area contributed by atoms with E-state index in [4.69, 9.17) is 20.8 Å². The average Bonchev–Trinajstić information content (AvgIpc) is 3.20. The number of nitrogens with zero attached hydrogens (tertiary/aromatic N) is 3. The van der Waals surface area contributed by atoms with Gasteiger partial charge < -0.3 is 14.1 Å². The van der Waals surface area contributed by atoms with E-state index in [1.807, 2.05) is 26.0 Å². The van der Waals surface area contributed by atoms with Gasteiger partial charge in [-0.15, -0.1) is 10.2 Å². The second-order valence-corrected chi connectivity index (χ2v) is 7.76. The maximum Gasteiger partial charge on any atom is 0.339 e. The molecule has 7 nitrogen and oxygen atoms in total. The summed E-state index contributed by atoms with van der Waals surface area (Å²) in [4.78, 5) is 27.0. The molecular weight excluding hydrogens is 406 g/mol. The fourth-order valence-corrected chi connectivity index (χ4v) is 3.47. The van der Waals surface area contributed by atoms with Crippen LogP contribution in [0.5, 0.6) is 0 Å². The lowest BCUT2D eigenvalue weighted by atomic mass is 9.98. The van der Waals surface area contributed by atoms with Gasteiger partial charge in [-0.05, 0) is 49.7 Å². The Morgan fingerprint density at radius 3 is 2.63 bits per heavy atom. The molecule has 154 valence electrons. The van der Waals surface area contributed by atoms with Crippen molar-refractivity contribution in [3.8, 4) is 11.5 Å². The van der Waals surface area contributed by atoms with Gasteiger partial charge in [-0.2, -0.15) is 0 Å². The largest absolute Gasteiger partial charge is 0.448 e. The third-order valence-electron chi connectivity index (χ3n) is 4.94. The molecule has 0 saturated heterocycles. The van der Waals surface area contributed by atoms with E-state index in [0.29, 0.717) is 28.8 Å². The highest BCUT2D eigenvalue weighted by Gasteiger charge is 2.35. The lowest BCUT2D eigenvalue weighted by Crippen LogP contribution is -2.47. The van der Waals surface area contributed by atoms with Gasteiger partial charge in [0.1, 0.15) is 0 Å². The number of amides is 1. The van der Waals surface area contributed by atoms with Crippen LogP contribution in [0.1, 0.15) is 35.7 Å². The Balaban J connectivity index is 1.51. The fourth-order valence-electron chi connectivity index (χ4n) is 3.34. The molecule has 1 aliphatic rings. The third-order valence-corrected chi connectivity index (χ3v) is 5.19. The van der Waals surface area contributed by atoms with Crippen molar-refractivity contribution < 1.29 is 18.7 Å². The second-order valence-electron chi connectivity index (χ2n) is 7.32. The number of hydrogen-bond acceptors (Lipinski definition) is 6. The summed E-state index contributed by atoms with van der Waals surface area (Å²) in [6, 6.07) is 14.0. The van der Waals surface area contributed by atoms with E-state index in [0.717, 1.165) is 11.1 Å². The molecule has 8 heteroatoms. The van der Waals surface area contributed by atoms with E-state index in [1.54, 1.807) is 41.3 Å². The van der Waals surface area contributed by atoms with E-state index in [-0.39, 0.29) is 18.5 Å². The van der Waals surface area contributed by atoms with E-state index in [9.17, 15) is 9.59 Å². The SMILES string of the molecule is CC(C)N(Cc1nnc(-c2ccc(Cl)cc2)o1)C(=O)C1Cc2ccccc2C(=O)O1. The quantitative estimate of drug-likeness (QED) is 0.576. The van der Waals surface area contributed by atoms with Crippen LogP contribution in [0, 0.1) is 0 Å². The van der Waals surface area contributed by atoms with Crippen molar-refractivity contribution in [3.05, 3.63) is 70.6 Å². The van der Waals surface area contributed by atoms with Gasteiger partial charge >= 0.3 is 5.97 Å². The lowest BCUT2D eigenvalue weighted by Gasteiger charge is -2.31. The predicted octanol–water partition coefficient (Wildman–Crippen LogP) is 3.91. The van der Waals surface area contributed by atoms with Crippen LogP contribution in [0.15, 0.2) is 52.9 Å². The number of fused-ring (bicyclic) bond motifs is 1. The molecule has 0 bridgehead atoms. The zero-order valence-corrected chi connectivity index (χ0v) is 17.3. The van der Waals surface area contributed by atoms with Crippen LogP contribution in [0.4, 0.5) is 0 Å². The van der Waals surface area contributed by atoms with Crippen molar-refractivity contribution in [1.29, 1.82) is 0 Å². The van der Waals surface area contributed by atoms with Crippen LogP contribution in [0.3, 0.4) is 0 Å². The van der Waals surface area contributed by atoms with Crippen molar-refractivity contribution >= 4 is 23.5 Å². The number of ether oxygens (including phenoxy) is 1. The molecule has 1 atom stereocenters. The van der Waals surface area contributed by atoms with Crippen molar-refractivity contribution in [1.82, 2.24) is 15.1 Å². The van der Waals surface area contributed by atoms with E-state index in [1.165, 1.54) is 0 Å². The number of halogens is 1. The van der Waals surface area contributed by atoms with Crippen molar-refractivity contribution in [2.24, 2.45) is 0 Å². The zero-order chi connectivity index (χ0) is 21.3. The van der Waals surface area contributed by atoms with Gasteiger partial charge in [0.25, 0.3) is 5.91 Å². The first-order valence-electron chi connectivity index (χ1n) is 9.60. The number of esters is 1. The minimum atomic E-state index is -0.881. The Morgan fingerprint density at radius 2 is 1.90 bits per heavy atom. The predicted molar refractivity (Wildman–Crippen MR) is 110 cm³/mol. The summed E-state index contributed by atoms with van der Waals surface area (Å²) in [6.07, 6.45) is -0.544. The lowest BCUT2D eigenvalue weighted by molar-refractivity contribution is -0.144. The van der Waals surface area contributed by atoms with Crippen LogP contribution >= 0.6 is 11.6 Å². The van der Waals surface area contributed by atoms with E-state index >= 15 is 0 Å². The summed E-state index contributed by atoms with van der Waals surface area (Å²) < 4.78 is 11.2. The summed E-state index contributed by atoms with van der Waals surface area (Å²) in [5.74, 6) is -0.138. The van der Waals surface area contributed by atoms with Crippen LogP contribution in [0.25, 0.3) is 11.5 Å². The standard InChI is InChI=1S/C22H20ClN3O4/c1-13(2)26(12-19-24-25-20(30-19)14-7-9-16(23)10-8-14)21(27)18-11-15-5-3-4-6-17(15)22(28)29-18/h3-10,13,18H,11-12H2,1-2H3. The highest BCUT2D eigenvalue weighted by atomic mass is 35.5. The number of carbonyl (C=O) groups excluding carboxylic acids is 2. The van der Waals surface area contributed by atoms with Crippen LogP contribution in [0.2, 0.25) is 5.02 Å². The van der Waals surface area contributed by atoms with Gasteiger partial charge in [0.15, 0.2) is 6.10 Å². The number of hydrogen-bond donors (Lipinski definition) is 0. The molecule has 0 radical (unpaired) electrons. The second kappa shape index (κ2) is 8.28. The van der Waals surface area contributed by atoms with Gasteiger partial charge in [-0.25, -0.2) is 4.79 Å². The molecule has 2 heterocycles. The number of aromatic nitrogens is 2. The Labute approximate surface area is 178 Å². The molecule has 1 unspecified atom stereocenters. The smallest absolute Gasteiger partial charge is 0.339 e. The van der Waals surface area contributed by atoms with Gasteiger partial charge in [0, 0.05) is 23.0 Å². The Morgan fingerprint density at radius 1 is 1.17 bits per heavy atom. The summed E-state index contributed by atoms with van der Waals surface area (Å²) in [5, 5.41) is 8.73. The van der Waals surface area contributed by atoms with Crippen LogP contribution < -0.4 is 0 Å². The summed E-state index contributed by atoms with van der Waals surface area (Å²) in [5.41, 5.74) is 2.04. The van der Waals surface area contributed by atoms with E-state index < -0.39 is 12.1 Å². The number of rotatable bonds is 5.